The molecule has 6 nitrogen and oxygen atoms in total. The van der Waals surface area contributed by atoms with Crippen LogP contribution in [0.1, 0.15) is 38.8 Å². The molecule has 0 N–H and O–H groups in total. The fourth-order valence-electron chi connectivity index (χ4n) is 4.11. The van der Waals surface area contributed by atoms with Crippen molar-refractivity contribution >= 4 is 40.5 Å². The topological polar surface area (TPSA) is 64.4 Å². The molecular formula is C24H26ClN3O3. The smallest absolute Gasteiger partial charge is 0.321 e. The van der Waals surface area contributed by atoms with Gasteiger partial charge in [-0.1, -0.05) is 49.7 Å². The van der Waals surface area contributed by atoms with Crippen molar-refractivity contribution in [2.45, 2.75) is 33.2 Å². The Kier molecular flexibility index (Phi) is 6.01. The van der Waals surface area contributed by atoms with Crippen molar-refractivity contribution in [2.75, 3.05) is 18.1 Å². The number of hydrogen-bond acceptors (Lipinski definition) is 4. The molecular weight excluding hydrogens is 414 g/mol. The predicted octanol–water partition coefficient (Wildman–Crippen LogP) is 4.85. The van der Waals surface area contributed by atoms with Gasteiger partial charge in [-0.15, -0.1) is 0 Å². The molecule has 0 bridgehead atoms. The number of carbonyl (C=O) groups excluding carboxylic acids is 2. The van der Waals surface area contributed by atoms with Gasteiger partial charge in [0, 0.05) is 11.6 Å². The summed E-state index contributed by atoms with van der Waals surface area (Å²) in [5.41, 5.74) is 2.46. The van der Waals surface area contributed by atoms with Crippen LogP contribution in [-0.2, 0) is 14.3 Å². The number of para-hydroxylation sites is 2. The number of esters is 1. The molecule has 162 valence electrons. The van der Waals surface area contributed by atoms with E-state index in [9.17, 15) is 9.59 Å². The molecule has 7 heteroatoms. The molecule has 2 atom stereocenters. The van der Waals surface area contributed by atoms with Gasteiger partial charge in [0.25, 0.3) is 0 Å². The molecule has 1 aliphatic rings. The van der Waals surface area contributed by atoms with Gasteiger partial charge in [0.1, 0.15) is 0 Å². The highest BCUT2D eigenvalue weighted by Gasteiger charge is 2.47. The number of hydrogen-bond donors (Lipinski definition) is 0. The van der Waals surface area contributed by atoms with Crippen molar-refractivity contribution in [1.82, 2.24) is 9.55 Å². The summed E-state index contributed by atoms with van der Waals surface area (Å²) in [5.74, 6) is -0.835. The molecule has 31 heavy (non-hydrogen) atoms. The van der Waals surface area contributed by atoms with E-state index in [1.807, 2.05) is 41.0 Å². The molecule has 1 aliphatic heterocycles. The third-order valence-electron chi connectivity index (χ3n) is 5.63. The van der Waals surface area contributed by atoms with Crippen LogP contribution in [0.2, 0.25) is 5.02 Å². The fraction of sp³-hybridized carbons (Fsp3) is 0.375. The largest absolute Gasteiger partial charge is 0.465 e. The van der Waals surface area contributed by atoms with E-state index >= 15 is 0 Å². The van der Waals surface area contributed by atoms with Crippen molar-refractivity contribution in [3.05, 3.63) is 59.1 Å². The normalized spacial score (nSPS) is 18.5. The molecule has 2 aromatic carbocycles. The number of anilines is 1. The molecule has 0 unspecified atom stereocenters. The van der Waals surface area contributed by atoms with E-state index in [1.54, 1.807) is 24.0 Å². The SMILES string of the molecule is CCOC(=O)[C@@H]1C(=O)N(CCC(C)C)c2nc3ccccc3n2[C@H]1c1ccc(Cl)cc1. The molecule has 0 saturated carbocycles. The second kappa shape index (κ2) is 8.71. The number of rotatable bonds is 6. The summed E-state index contributed by atoms with van der Waals surface area (Å²) in [6.45, 7) is 6.66. The average Bonchev–Trinajstić information content (AvgIpc) is 3.12. The zero-order valence-corrected chi connectivity index (χ0v) is 18.7. The number of carbonyl (C=O) groups is 2. The minimum atomic E-state index is -1.00. The third kappa shape index (κ3) is 3.92. The van der Waals surface area contributed by atoms with E-state index in [4.69, 9.17) is 21.3 Å². The third-order valence-corrected chi connectivity index (χ3v) is 5.88. The summed E-state index contributed by atoms with van der Waals surface area (Å²) in [7, 11) is 0. The standard InChI is InChI=1S/C24H26ClN3O3/c1-4-31-23(30)20-21(16-9-11-17(25)12-10-16)28-19-8-6-5-7-18(19)26-24(28)27(22(20)29)14-13-15(2)3/h5-12,15,20-21H,4,13-14H2,1-3H3/t20-,21-/m0/s1. The molecule has 0 spiro atoms. The van der Waals surface area contributed by atoms with Crippen molar-refractivity contribution in [3.8, 4) is 0 Å². The summed E-state index contributed by atoms with van der Waals surface area (Å²) in [5, 5.41) is 0.591. The van der Waals surface area contributed by atoms with Crippen molar-refractivity contribution in [1.29, 1.82) is 0 Å². The van der Waals surface area contributed by atoms with E-state index in [0.717, 1.165) is 23.0 Å². The maximum atomic E-state index is 13.7. The molecule has 0 aliphatic carbocycles. The van der Waals surface area contributed by atoms with Gasteiger partial charge in [-0.25, -0.2) is 4.98 Å². The Morgan fingerprint density at radius 1 is 1.16 bits per heavy atom. The van der Waals surface area contributed by atoms with E-state index in [1.165, 1.54) is 0 Å². The van der Waals surface area contributed by atoms with E-state index in [2.05, 4.69) is 13.8 Å². The Bertz CT molecular complexity index is 1110. The number of fused-ring (bicyclic) bond motifs is 3. The Labute approximate surface area is 186 Å². The number of halogens is 1. The predicted molar refractivity (Wildman–Crippen MR) is 121 cm³/mol. The zero-order valence-electron chi connectivity index (χ0n) is 17.9. The first-order valence-corrected chi connectivity index (χ1v) is 11.0. The molecule has 0 radical (unpaired) electrons. The summed E-state index contributed by atoms with van der Waals surface area (Å²) in [4.78, 5) is 33.2. The number of aromatic nitrogens is 2. The lowest BCUT2D eigenvalue weighted by molar-refractivity contribution is -0.153. The van der Waals surface area contributed by atoms with E-state index < -0.39 is 17.9 Å². The van der Waals surface area contributed by atoms with E-state index in [0.29, 0.717) is 23.4 Å². The van der Waals surface area contributed by atoms with Crippen LogP contribution in [0, 0.1) is 11.8 Å². The van der Waals surface area contributed by atoms with Gasteiger partial charge in [0.15, 0.2) is 5.92 Å². The Hall–Kier alpha value is -2.86. The van der Waals surface area contributed by atoms with Gasteiger partial charge in [-0.3, -0.25) is 14.5 Å². The fourth-order valence-corrected chi connectivity index (χ4v) is 4.23. The molecule has 0 fully saturated rings. The maximum Gasteiger partial charge on any atom is 0.321 e. The molecule has 3 aromatic rings. The van der Waals surface area contributed by atoms with Gasteiger partial charge in [-0.05, 0) is 49.1 Å². The number of imidazole rings is 1. The summed E-state index contributed by atoms with van der Waals surface area (Å²) in [6.07, 6.45) is 0.802. The van der Waals surface area contributed by atoms with Gasteiger partial charge in [0.2, 0.25) is 11.9 Å². The van der Waals surface area contributed by atoms with Crippen LogP contribution in [0.25, 0.3) is 11.0 Å². The molecule has 1 amide bonds. The number of amides is 1. The van der Waals surface area contributed by atoms with Crippen LogP contribution < -0.4 is 4.90 Å². The van der Waals surface area contributed by atoms with Crippen molar-refractivity contribution in [2.24, 2.45) is 11.8 Å². The molecule has 2 heterocycles. The first kappa shape index (κ1) is 21.4. The summed E-state index contributed by atoms with van der Waals surface area (Å²) in [6, 6.07) is 14.4. The highest BCUT2D eigenvalue weighted by Crippen LogP contribution is 2.41. The quantitative estimate of drug-likeness (QED) is 0.406. The minimum Gasteiger partial charge on any atom is -0.465 e. The first-order chi connectivity index (χ1) is 14.9. The monoisotopic (exact) mass is 439 g/mol. The van der Waals surface area contributed by atoms with Crippen molar-refractivity contribution in [3.63, 3.8) is 0 Å². The number of ether oxygens (including phenoxy) is 1. The molecule has 1 aromatic heterocycles. The van der Waals surface area contributed by atoms with Crippen molar-refractivity contribution < 1.29 is 14.3 Å². The van der Waals surface area contributed by atoms with Crippen LogP contribution >= 0.6 is 11.6 Å². The van der Waals surface area contributed by atoms with Crippen LogP contribution in [0.5, 0.6) is 0 Å². The zero-order chi connectivity index (χ0) is 22.1. The molecule has 0 saturated heterocycles. The van der Waals surface area contributed by atoms with Gasteiger partial charge < -0.3 is 9.30 Å². The highest BCUT2D eigenvalue weighted by atomic mass is 35.5. The highest BCUT2D eigenvalue weighted by molar-refractivity contribution is 6.30. The summed E-state index contributed by atoms with van der Waals surface area (Å²) < 4.78 is 7.36. The van der Waals surface area contributed by atoms with Crippen LogP contribution in [-0.4, -0.2) is 34.6 Å². The van der Waals surface area contributed by atoms with Gasteiger partial charge in [-0.2, -0.15) is 0 Å². The molecule has 4 rings (SSSR count). The second-order valence-electron chi connectivity index (χ2n) is 8.17. The Morgan fingerprint density at radius 2 is 1.87 bits per heavy atom. The van der Waals surface area contributed by atoms with Gasteiger partial charge in [0.05, 0.1) is 23.7 Å². The van der Waals surface area contributed by atoms with Crippen LogP contribution in [0.4, 0.5) is 5.95 Å². The summed E-state index contributed by atoms with van der Waals surface area (Å²) >= 11 is 6.11. The Balaban J connectivity index is 1.95. The van der Waals surface area contributed by atoms with Crippen LogP contribution in [0.15, 0.2) is 48.5 Å². The first-order valence-electron chi connectivity index (χ1n) is 10.6. The Morgan fingerprint density at radius 3 is 2.55 bits per heavy atom. The van der Waals surface area contributed by atoms with Gasteiger partial charge >= 0.3 is 5.97 Å². The van der Waals surface area contributed by atoms with Crippen LogP contribution in [0.3, 0.4) is 0 Å². The lowest BCUT2D eigenvalue weighted by Gasteiger charge is -2.38. The number of benzene rings is 2. The lowest BCUT2D eigenvalue weighted by Crippen LogP contribution is -2.50. The number of nitrogens with zero attached hydrogens (tertiary/aromatic N) is 3. The average molecular weight is 440 g/mol. The second-order valence-corrected chi connectivity index (χ2v) is 8.61. The maximum absolute atomic E-state index is 13.7. The lowest BCUT2D eigenvalue weighted by atomic mass is 9.89. The van der Waals surface area contributed by atoms with E-state index in [-0.39, 0.29) is 12.5 Å². The minimum absolute atomic E-state index is 0.208.